The number of nitrogens with one attached hydrogen (secondary N) is 2. The second-order valence-corrected chi connectivity index (χ2v) is 6.29. The Morgan fingerprint density at radius 3 is 2.71 bits per heavy atom. The summed E-state index contributed by atoms with van der Waals surface area (Å²) in [4.78, 5) is 8.31. The Bertz CT molecular complexity index is 616. The summed E-state index contributed by atoms with van der Waals surface area (Å²) in [6.45, 7) is 5.76. The second-order valence-electron chi connectivity index (χ2n) is 6.29. The van der Waals surface area contributed by atoms with Crippen LogP contribution in [0.15, 0.2) is 12.1 Å². The van der Waals surface area contributed by atoms with Gasteiger partial charge in [0.15, 0.2) is 11.5 Å². The van der Waals surface area contributed by atoms with Gasteiger partial charge in [0.1, 0.15) is 5.82 Å². The minimum atomic E-state index is 0.0797. The summed E-state index contributed by atoms with van der Waals surface area (Å²) >= 11 is 0. The summed E-state index contributed by atoms with van der Waals surface area (Å²) in [6, 6.07) is 4.02. The molecule has 0 saturated carbocycles. The van der Waals surface area contributed by atoms with Crippen molar-refractivity contribution in [1.82, 2.24) is 15.3 Å². The van der Waals surface area contributed by atoms with Gasteiger partial charge >= 0.3 is 0 Å². The summed E-state index contributed by atoms with van der Waals surface area (Å²) in [6.07, 6.45) is 3.27. The fraction of sp³-hybridized carbons (Fsp3) is 0.562. The highest BCUT2D eigenvalue weighted by Crippen LogP contribution is 2.36. The highest BCUT2D eigenvalue weighted by Gasteiger charge is 2.32. The van der Waals surface area contributed by atoms with Gasteiger partial charge in [0.05, 0.1) is 24.2 Å². The molecule has 1 aromatic heterocycles. The van der Waals surface area contributed by atoms with Crippen LogP contribution in [0.4, 0.5) is 0 Å². The van der Waals surface area contributed by atoms with Crippen LogP contribution in [0.25, 0.3) is 11.0 Å². The van der Waals surface area contributed by atoms with E-state index in [9.17, 15) is 0 Å². The maximum Gasteiger partial charge on any atom is 0.163 e. The van der Waals surface area contributed by atoms with E-state index >= 15 is 0 Å². The zero-order valence-corrected chi connectivity index (χ0v) is 12.4. The fourth-order valence-corrected chi connectivity index (χ4v) is 3.21. The van der Waals surface area contributed by atoms with Crippen molar-refractivity contribution < 1.29 is 9.47 Å². The zero-order chi connectivity index (χ0) is 14.3. The minimum Gasteiger partial charge on any atom is -0.489 e. The van der Waals surface area contributed by atoms with Crippen LogP contribution in [-0.2, 0) is 5.41 Å². The second kappa shape index (κ2) is 4.91. The van der Waals surface area contributed by atoms with Gasteiger partial charge in [-0.3, -0.25) is 0 Å². The molecule has 0 bridgehead atoms. The molecule has 3 heterocycles. The molecule has 1 atom stereocenters. The fourth-order valence-electron chi connectivity index (χ4n) is 3.21. The first-order valence-electron chi connectivity index (χ1n) is 7.75. The van der Waals surface area contributed by atoms with Crippen molar-refractivity contribution >= 4 is 11.0 Å². The molecule has 4 rings (SSSR count). The van der Waals surface area contributed by atoms with Crippen molar-refractivity contribution in [1.29, 1.82) is 0 Å². The third-order valence-electron chi connectivity index (χ3n) is 4.52. The molecule has 1 saturated heterocycles. The molecule has 0 aliphatic carbocycles. The number of nitrogens with zero attached hydrogens (tertiary/aromatic N) is 1. The van der Waals surface area contributed by atoms with Gasteiger partial charge in [-0.1, -0.05) is 6.92 Å². The monoisotopic (exact) mass is 287 g/mol. The zero-order valence-electron chi connectivity index (χ0n) is 12.4. The van der Waals surface area contributed by atoms with Gasteiger partial charge in [0, 0.05) is 30.5 Å². The Morgan fingerprint density at radius 1 is 1.14 bits per heavy atom. The van der Waals surface area contributed by atoms with E-state index in [2.05, 4.69) is 17.2 Å². The van der Waals surface area contributed by atoms with Crippen molar-refractivity contribution in [2.75, 3.05) is 26.3 Å². The van der Waals surface area contributed by atoms with Crippen LogP contribution in [-0.4, -0.2) is 36.3 Å². The molecule has 2 aliphatic heterocycles. The Balaban J connectivity index is 1.76. The number of fused-ring (bicyclic) bond motifs is 2. The molecule has 2 aliphatic rings. The summed E-state index contributed by atoms with van der Waals surface area (Å²) in [5.41, 5.74) is 2.07. The number of rotatable bonds is 1. The Morgan fingerprint density at radius 2 is 1.95 bits per heavy atom. The quantitative estimate of drug-likeness (QED) is 0.845. The van der Waals surface area contributed by atoms with Crippen LogP contribution < -0.4 is 14.8 Å². The molecule has 0 amide bonds. The van der Waals surface area contributed by atoms with Gasteiger partial charge in [-0.15, -0.1) is 0 Å². The molecule has 2 N–H and O–H groups in total. The third kappa shape index (κ3) is 2.25. The number of H-pyrrole nitrogens is 1. The lowest BCUT2D eigenvalue weighted by atomic mass is 9.82. The average molecular weight is 287 g/mol. The van der Waals surface area contributed by atoms with Gasteiger partial charge in [-0.25, -0.2) is 4.98 Å². The molecule has 21 heavy (non-hydrogen) atoms. The van der Waals surface area contributed by atoms with Crippen molar-refractivity contribution in [3.05, 3.63) is 18.0 Å². The summed E-state index contributed by atoms with van der Waals surface area (Å²) < 4.78 is 11.5. The lowest BCUT2D eigenvalue weighted by Crippen LogP contribution is -2.41. The highest BCUT2D eigenvalue weighted by atomic mass is 16.5. The first kappa shape index (κ1) is 13.0. The van der Waals surface area contributed by atoms with E-state index in [1.54, 1.807) is 0 Å². The third-order valence-corrected chi connectivity index (χ3v) is 4.52. The van der Waals surface area contributed by atoms with E-state index < -0.39 is 0 Å². The van der Waals surface area contributed by atoms with Gasteiger partial charge in [-0.2, -0.15) is 0 Å². The van der Waals surface area contributed by atoms with E-state index in [0.29, 0.717) is 13.2 Å². The van der Waals surface area contributed by atoms with E-state index in [0.717, 1.165) is 54.3 Å². The molecular formula is C16H21N3O2. The summed E-state index contributed by atoms with van der Waals surface area (Å²) in [5.74, 6) is 2.69. The molecule has 5 nitrogen and oxygen atoms in total. The van der Waals surface area contributed by atoms with Crippen molar-refractivity contribution in [2.45, 2.75) is 31.6 Å². The molecule has 112 valence electrons. The van der Waals surface area contributed by atoms with E-state index in [1.807, 2.05) is 12.1 Å². The van der Waals surface area contributed by atoms with Crippen LogP contribution in [0, 0.1) is 0 Å². The van der Waals surface area contributed by atoms with Crippen LogP contribution in [0.2, 0.25) is 0 Å². The van der Waals surface area contributed by atoms with Crippen molar-refractivity contribution in [3.8, 4) is 11.5 Å². The largest absolute Gasteiger partial charge is 0.489 e. The lowest BCUT2D eigenvalue weighted by Gasteiger charge is -2.32. The van der Waals surface area contributed by atoms with E-state index in [4.69, 9.17) is 14.5 Å². The summed E-state index contributed by atoms with van der Waals surface area (Å²) in [5, 5.41) is 3.47. The van der Waals surface area contributed by atoms with Crippen molar-refractivity contribution in [3.63, 3.8) is 0 Å². The van der Waals surface area contributed by atoms with E-state index in [1.165, 1.54) is 6.42 Å². The molecule has 1 fully saturated rings. The molecule has 0 radical (unpaired) electrons. The topological polar surface area (TPSA) is 59.2 Å². The lowest BCUT2D eigenvalue weighted by molar-refractivity contribution is 0.297. The Labute approximate surface area is 124 Å². The number of benzene rings is 1. The smallest absolute Gasteiger partial charge is 0.163 e. The predicted octanol–water partition coefficient (Wildman–Crippen LogP) is 2.37. The maximum atomic E-state index is 5.75. The average Bonchev–Trinajstić information content (AvgIpc) is 2.78. The molecule has 2 aromatic rings. The van der Waals surface area contributed by atoms with Crippen LogP contribution >= 0.6 is 0 Å². The maximum absolute atomic E-state index is 5.75. The molecule has 5 heteroatoms. The van der Waals surface area contributed by atoms with Gasteiger partial charge in [0.2, 0.25) is 0 Å². The van der Waals surface area contributed by atoms with Gasteiger partial charge in [-0.05, 0) is 19.4 Å². The minimum absolute atomic E-state index is 0.0797. The number of imidazole rings is 1. The first-order valence-corrected chi connectivity index (χ1v) is 7.75. The van der Waals surface area contributed by atoms with Gasteiger partial charge in [0.25, 0.3) is 0 Å². The molecular weight excluding hydrogens is 266 g/mol. The van der Waals surface area contributed by atoms with E-state index in [-0.39, 0.29) is 5.41 Å². The number of aromatic amines is 1. The molecule has 1 aromatic carbocycles. The van der Waals surface area contributed by atoms with Crippen molar-refractivity contribution in [2.24, 2.45) is 0 Å². The number of aromatic nitrogens is 2. The van der Waals surface area contributed by atoms with Crippen LogP contribution in [0.5, 0.6) is 11.5 Å². The summed E-state index contributed by atoms with van der Waals surface area (Å²) in [7, 11) is 0. The number of ether oxygens (including phenoxy) is 2. The highest BCUT2D eigenvalue weighted by molar-refractivity contribution is 5.80. The number of hydrogen-bond donors (Lipinski definition) is 2. The number of hydrogen-bond acceptors (Lipinski definition) is 4. The Kier molecular flexibility index (Phi) is 3.03. The van der Waals surface area contributed by atoms with Crippen LogP contribution in [0.1, 0.15) is 32.0 Å². The number of piperidine rings is 1. The molecule has 0 spiro atoms. The predicted molar refractivity (Wildman–Crippen MR) is 81.2 cm³/mol. The van der Waals surface area contributed by atoms with Crippen LogP contribution in [0.3, 0.4) is 0 Å². The standard InChI is InChI=1S/C16H21N3O2/c1-16(4-2-5-17-10-16)15-18-11-8-13-14(9-12(11)19-15)21-7-3-6-20-13/h8-9,17H,2-7,10H2,1H3,(H,18,19). The molecule has 1 unspecified atom stereocenters. The Hall–Kier alpha value is -1.75. The van der Waals surface area contributed by atoms with Gasteiger partial charge < -0.3 is 19.8 Å². The SMILES string of the molecule is CC1(c2nc3cc4c(cc3[nH]2)OCCCO4)CCCNC1. The first-order chi connectivity index (χ1) is 10.2. The normalized spacial score (nSPS) is 25.8.